The van der Waals surface area contributed by atoms with Gasteiger partial charge in [0, 0.05) is 11.1 Å². The highest BCUT2D eigenvalue weighted by atomic mass is 19.2. The smallest absolute Gasteiger partial charge is 0.166 e. The summed E-state index contributed by atoms with van der Waals surface area (Å²) in [7, 11) is 0. The van der Waals surface area contributed by atoms with Gasteiger partial charge in [0.05, 0.1) is 0 Å². The Hall–Kier alpha value is -3.07. The zero-order valence-corrected chi connectivity index (χ0v) is 24.4. The molecule has 0 amide bonds. The van der Waals surface area contributed by atoms with E-state index in [1.165, 1.54) is 38.5 Å². The molecule has 5 rings (SSSR count). The largest absolute Gasteiger partial charge is 0.206 e. The molecule has 0 bridgehead atoms. The van der Waals surface area contributed by atoms with Crippen LogP contribution in [0.5, 0.6) is 0 Å². The Morgan fingerprint density at radius 1 is 0.707 bits per heavy atom. The molecule has 2 aliphatic rings. The van der Waals surface area contributed by atoms with Gasteiger partial charge in [0.15, 0.2) is 11.6 Å². The number of halogens is 3. The second kappa shape index (κ2) is 13.7. The second-order valence-electron chi connectivity index (χ2n) is 12.2. The van der Waals surface area contributed by atoms with Crippen LogP contribution in [0.4, 0.5) is 13.2 Å². The molecule has 3 heteroatoms. The van der Waals surface area contributed by atoms with Gasteiger partial charge in [0.1, 0.15) is 5.82 Å². The molecule has 0 spiro atoms. The molecule has 2 fully saturated rings. The molecule has 2 saturated carbocycles. The lowest BCUT2D eigenvalue weighted by atomic mass is 9.68. The van der Waals surface area contributed by atoms with E-state index in [-0.39, 0.29) is 11.4 Å². The first kappa shape index (κ1) is 29.4. The summed E-state index contributed by atoms with van der Waals surface area (Å²) in [5.74, 6) is 0.960. The van der Waals surface area contributed by atoms with Crippen LogP contribution >= 0.6 is 0 Å². The standard InChI is InChI=1S/C38H43F3/c1-3-5-6-7-8-32-21-24-35(38(41)37(32)40)31-19-17-30(18-20-31)34-23-22-33(25-36(34)39)29-15-13-28(14-16-29)27-11-9-26(4-2)10-12-27/h4-6,17-29H,2-3,7-16H2,1H3/b6-5+. The summed E-state index contributed by atoms with van der Waals surface area (Å²) in [5.41, 5.74) is 3.55. The van der Waals surface area contributed by atoms with Crippen molar-refractivity contribution in [1.82, 2.24) is 0 Å². The molecule has 3 aromatic carbocycles. The maximum Gasteiger partial charge on any atom is 0.166 e. The van der Waals surface area contributed by atoms with Crippen LogP contribution in [0.15, 0.2) is 79.4 Å². The lowest BCUT2D eigenvalue weighted by molar-refractivity contribution is 0.171. The SMILES string of the molecule is C=CC1CCC(C2CCC(c3ccc(-c4ccc(-c5ccc(CC/C=C/CC)c(F)c5F)cc4)c(F)c3)CC2)CC1. The van der Waals surface area contributed by atoms with E-state index < -0.39 is 11.6 Å². The molecule has 41 heavy (non-hydrogen) atoms. The van der Waals surface area contributed by atoms with Crippen LogP contribution < -0.4 is 0 Å². The summed E-state index contributed by atoms with van der Waals surface area (Å²) in [6.45, 7) is 6.02. The number of aryl methyl sites for hydroxylation is 1. The fraction of sp³-hybridized carbons (Fsp3) is 0.421. The number of allylic oxidation sites excluding steroid dienone is 3. The number of hydrogen-bond acceptors (Lipinski definition) is 0. The topological polar surface area (TPSA) is 0 Å². The summed E-state index contributed by atoms with van der Waals surface area (Å²) in [6.07, 6.45) is 18.2. The minimum absolute atomic E-state index is 0.223. The quantitative estimate of drug-likeness (QED) is 0.230. The molecular formula is C38H43F3. The van der Waals surface area contributed by atoms with Crippen molar-refractivity contribution in [3.63, 3.8) is 0 Å². The second-order valence-corrected chi connectivity index (χ2v) is 12.2. The van der Waals surface area contributed by atoms with E-state index >= 15 is 4.39 Å². The van der Waals surface area contributed by atoms with E-state index in [1.54, 1.807) is 42.5 Å². The van der Waals surface area contributed by atoms with Crippen LogP contribution in [-0.4, -0.2) is 0 Å². The predicted octanol–water partition coefficient (Wildman–Crippen LogP) is 11.6. The molecule has 0 radical (unpaired) electrons. The van der Waals surface area contributed by atoms with Crippen molar-refractivity contribution in [2.45, 2.75) is 83.5 Å². The van der Waals surface area contributed by atoms with E-state index in [4.69, 9.17) is 0 Å². The van der Waals surface area contributed by atoms with Crippen LogP contribution in [0.25, 0.3) is 22.3 Å². The number of rotatable bonds is 9. The average molecular weight is 557 g/mol. The van der Waals surface area contributed by atoms with Gasteiger partial charge in [0.25, 0.3) is 0 Å². The van der Waals surface area contributed by atoms with Crippen molar-refractivity contribution in [2.75, 3.05) is 0 Å². The Morgan fingerprint density at radius 3 is 1.93 bits per heavy atom. The van der Waals surface area contributed by atoms with Gasteiger partial charge in [-0.2, -0.15) is 0 Å². The molecule has 0 aliphatic heterocycles. The number of hydrogen-bond donors (Lipinski definition) is 0. The first-order valence-corrected chi connectivity index (χ1v) is 15.6. The van der Waals surface area contributed by atoms with Gasteiger partial charge < -0.3 is 0 Å². The Labute approximate surface area is 244 Å². The van der Waals surface area contributed by atoms with Gasteiger partial charge in [-0.05, 0) is 123 Å². The van der Waals surface area contributed by atoms with Gasteiger partial charge >= 0.3 is 0 Å². The normalized spacial score (nSPS) is 23.1. The van der Waals surface area contributed by atoms with Gasteiger partial charge in [-0.1, -0.05) is 73.7 Å². The van der Waals surface area contributed by atoms with E-state index in [0.29, 0.717) is 41.4 Å². The minimum atomic E-state index is -0.829. The molecule has 0 N–H and O–H groups in total. The third-order valence-electron chi connectivity index (χ3n) is 9.70. The lowest BCUT2D eigenvalue weighted by Gasteiger charge is -2.37. The van der Waals surface area contributed by atoms with Crippen LogP contribution in [0.2, 0.25) is 0 Å². The van der Waals surface area contributed by atoms with Gasteiger partial charge in [-0.15, -0.1) is 6.58 Å². The fourth-order valence-corrected chi connectivity index (χ4v) is 7.15. The van der Waals surface area contributed by atoms with Crippen molar-refractivity contribution >= 4 is 0 Å². The number of benzene rings is 3. The highest BCUT2D eigenvalue weighted by molar-refractivity contribution is 5.71. The zero-order valence-electron chi connectivity index (χ0n) is 24.4. The average Bonchev–Trinajstić information content (AvgIpc) is 3.01. The van der Waals surface area contributed by atoms with Crippen molar-refractivity contribution in [1.29, 1.82) is 0 Å². The molecular weight excluding hydrogens is 513 g/mol. The Morgan fingerprint density at radius 2 is 1.32 bits per heavy atom. The predicted molar refractivity (Wildman–Crippen MR) is 165 cm³/mol. The van der Waals surface area contributed by atoms with Crippen molar-refractivity contribution < 1.29 is 13.2 Å². The minimum Gasteiger partial charge on any atom is -0.206 e. The highest BCUT2D eigenvalue weighted by Crippen LogP contribution is 2.44. The third kappa shape index (κ3) is 6.88. The van der Waals surface area contributed by atoms with Crippen LogP contribution in [0, 0.1) is 35.2 Å². The van der Waals surface area contributed by atoms with E-state index in [9.17, 15) is 8.78 Å². The summed E-state index contributed by atoms with van der Waals surface area (Å²) in [6, 6.07) is 16.1. The van der Waals surface area contributed by atoms with Crippen molar-refractivity contribution in [2.24, 2.45) is 17.8 Å². The summed E-state index contributed by atoms with van der Waals surface area (Å²) >= 11 is 0. The van der Waals surface area contributed by atoms with Crippen LogP contribution in [0.3, 0.4) is 0 Å². The zero-order chi connectivity index (χ0) is 28.8. The van der Waals surface area contributed by atoms with Crippen LogP contribution in [0.1, 0.15) is 88.2 Å². The van der Waals surface area contributed by atoms with Crippen molar-refractivity contribution in [3.05, 3.63) is 108 Å². The van der Waals surface area contributed by atoms with E-state index in [1.807, 2.05) is 25.1 Å². The first-order valence-electron chi connectivity index (χ1n) is 15.6. The maximum absolute atomic E-state index is 15.3. The molecule has 0 atom stereocenters. The molecule has 0 nitrogen and oxygen atoms in total. The fourth-order valence-electron chi connectivity index (χ4n) is 7.15. The maximum atomic E-state index is 15.3. The molecule has 216 valence electrons. The highest BCUT2D eigenvalue weighted by Gasteiger charge is 2.31. The lowest BCUT2D eigenvalue weighted by Crippen LogP contribution is -2.25. The van der Waals surface area contributed by atoms with E-state index in [2.05, 4.69) is 18.7 Å². The van der Waals surface area contributed by atoms with Crippen molar-refractivity contribution in [3.8, 4) is 22.3 Å². The summed E-state index contributed by atoms with van der Waals surface area (Å²) in [5, 5.41) is 0. The Balaban J connectivity index is 1.22. The molecule has 0 unspecified atom stereocenters. The monoisotopic (exact) mass is 556 g/mol. The summed E-state index contributed by atoms with van der Waals surface area (Å²) in [4.78, 5) is 0. The van der Waals surface area contributed by atoms with E-state index in [0.717, 1.165) is 42.2 Å². The van der Waals surface area contributed by atoms with Crippen LogP contribution in [-0.2, 0) is 6.42 Å². The molecule has 0 aromatic heterocycles. The Bertz CT molecular complexity index is 1340. The summed E-state index contributed by atoms with van der Waals surface area (Å²) < 4.78 is 45.0. The molecule has 0 heterocycles. The molecule has 0 saturated heterocycles. The third-order valence-corrected chi connectivity index (χ3v) is 9.70. The first-order chi connectivity index (χ1) is 20.0. The Kier molecular flexibility index (Phi) is 9.85. The van der Waals surface area contributed by atoms with Gasteiger partial charge in [-0.3, -0.25) is 0 Å². The van der Waals surface area contributed by atoms with Gasteiger partial charge in [-0.25, -0.2) is 13.2 Å². The molecule has 2 aliphatic carbocycles. The molecule has 3 aromatic rings. The van der Waals surface area contributed by atoms with Gasteiger partial charge in [0.2, 0.25) is 0 Å².